The van der Waals surface area contributed by atoms with Crippen LogP contribution in [0.3, 0.4) is 0 Å². The average molecular weight is 430 g/mol. The second kappa shape index (κ2) is 8.57. The molecular weight excluding hydrogens is 402 g/mol. The van der Waals surface area contributed by atoms with E-state index in [1.165, 1.54) is 38.4 Å². The molecule has 0 radical (unpaired) electrons. The number of carbonyl (C=O) groups is 2. The van der Waals surface area contributed by atoms with Gasteiger partial charge in [-0.3, -0.25) is 9.59 Å². The molecule has 0 bridgehead atoms. The molecule has 160 valence electrons. The van der Waals surface area contributed by atoms with Crippen LogP contribution in [0.15, 0.2) is 47.4 Å². The first-order valence-electron chi connectivity index (χ1n) is 9.89. The Bertz CT molecular complexity index is 1060. The molecule has 0 saturated carbocycles. The fourth-order valence-electron chi connectivity index (χ4n) is 3.39. The Balaban J connectivity index is 1.81. The van der Waals surface area contributed by atoms with Crippen LogP contribution in [0.2, 0.25) is 0 Å². The van der Waals surface area contributed by atoms with Gasteiger partial charge in [-0.25, -0.2) is 12.7 Å². The van der Waals surface area contributed by atoms with E-state index in [-0.39, 0.29) is 22.6 Å². The molecule has 0 unspecified atom stereocenters. The molecule has 2 amide bonds. The number of hydrogen-bond donors (Lipinski definition) is 1. The summed E-state index contributed by atoms with van der Waals surface area (Å²) in [5.41, 5.74) is 2.87. The molecule has 0 spiro atoms. The van der Waals surface area contributed by atoms with Gasteiger partial charge < -0.3 is 10.2 Å². The first-order chi connectivity index (χ1) is 14.1. The van der Waals surface area contributed by atoms with Crippen LogP contribution in [0.1, 0.15) is 36.2 Å². The number of anilines is 2. The Hall–Kier alpha value is -2.71. The van der Waals surface area contributed by atoms with Crippen LogP contribution < -0.4 is 10.2 Å². The normalized spacial score (nSPS) is 14.0. The zero-order valence-electron chi connectivity index (χ0n) is 17.7. The number of benzene rings is 2. The predicted molar refractivity (Wildman–Crippen MR) is 117 cm³/mol. The Morgan fingerprint density at radius 1 is 1.07 bits per heavy atom. The fraction of sp³-hybridized carbons (Fsp3) is 0.364. The van der Waals surface area contributed by atoms with Gasteiger partial charge in [-0.15, -0.1) is 0 Å². The number of nitrogens with zero attached hydrogens (tertiary/aromatic N) is 2. The molecule has 30 heavy (non-hydrogen) atoms. The van der Waals surface area contributed by atoms with Crippen molar-refractivity contribution in [3.63, 3.8) is 0 Å². The van der Waals surface area contributed by atoms with Crippen LogP contribution in [0, 0.1) is 5.92 Å². The molecule has 7 nitrogen and oxygen atoms in total. The maximum absolute atomic E-state index is 12.6. The van der Waals surface area contributed by atoms with E-state index >= 15 is 0 Å². The quantitative estimate of drug-likeness (QED) is 0.791. The summed E-state index contributed by atoms with van der Waals surface area (Å²) in [5.74, 6) is -0.385. The number of hydrogen-bond acceptors (Lipinski definition) is 4. The number of sulfonamides is 1. The first kappa shape index (κ1) is 22.0. The zero-order valence-corrected chi connectivity index (χ0v) is 18.5. The standard InChI is InChI=1S/C22H27N3O4S/c1-15(2)22(27)25-13-5-6-16-7-10-18(14-20(16)25)23-21(26)17-8-11-19(12-9-17)30(28,29)24(3)4/h7-12,14-15H,5-6,13H2,1-4H3,(H,23,26). The Morgan fingerprint density at radius 2 is 1.73 bits per heavy atom. The van der Waals surface area contributed by atoms with Gasteiger partial charge in [0.1, 0.15) is 0 Å². The lowest BCUT2D eigenvalue weighted by Crippen LogP contribution is -2.38. The molecule has 1 aliphatic rings. The summed E-state index contributed by atoms with van der Waals surface area (Å²) < 4.78 is 25.5. The second-order valence-electron chi connectivity index (χ2n) is 7.86. The summed E-state index contributed by atoms with van der Waals surface area (Å²) in [4.78, 5) is 27.1. The van der Waals surface area contributed by atoms with Gasteiger partial charge in [0, 0.05) is 43.5 Å². The molecule has 1 N–H and O–H groups in total. The highest BCUT2D eigenvalue weighted by atomic mass is 32.2. The minimum absolute atomic E-state index is 0.0668. The van der Waals surface area contributed by atoms with Gasteiger partial charge in [0.2, 0.25) is 15.9 Å². The lowest BCUT2D eigenvalue weighted by molar-refractivity contribution is -0.121. The molecule has 0 fully saturated rings. The van der Waals surface area contributed by atoms with Crippen molar-refractivity contribution in [2.75, 3.05) is 30.9 Å². The molecule has 0 saturated heterocycles. The third-order valence-electron chi connectivity index (χ3n) is 5.12. The summed E-state index contributed by atoms with van der Waals surface area (Å²) in [6.07, 6.45) is 1.81. The lowest BCUT2D eigenvalue weighted by Gasteiger charge is -2.31. The summed E-state index contributed by atoms with van der Waals surface area (Å²) in [7, 11) is -0.630. The van der Waals surface area contributed by atoms with E-state index in [9.17, 15) is 18.0 Å². The van der Waals surface area contributed by atoms with Crippen LogP contribution in [0.5, 0.6) is 0 Å². The number of carbonyl (C=O) groups excluding carboxylic acids is 2. The largest absolute Gasteiger partial charge is 0.322 e. The van der Waals surface area contributed by atoms with Crippen LogP contribution in [0.25, 0.3) is 0 Å². The second-order valence-corrected chi connectivity index (χ2v) is 10.0. The molecular formula is C22H27N3O4S. The number of nitrogens with one attached hydrogen (secondary N) is 1. The van der Waals surface area contributed by atoms with Crippen molar-refractivity contribution in [3.8, 4) is 0 Å². The Kier molecular flexibility index (Phi) is 6.28. The first-order valence-corrected chi connectivity index (χ1v) is 11.3. The van der Waals surface area contributed by atoms with Crippen LogP contribution >= 0.6 is 0 Å². The highest BCUT2D eigenvalue weighted by Crippen LogP contribution is 2.31. The van der Waals surface area contributed by atoms with Gasteiger partial charge in [0.15, 0.2) is 0 Å². The predicted octanol–water partition coefficient (Wildman–Crippen LogP) is 3.12. The van der Waals surface area contributed by atoms with Crippen molar-refractivity contribution in [3.05, 3.63) is 53.6 Å². The average Bonchev–Trinajstić information content (AvgIpc) is 2.72. The van der Waals surface area contributed by atoms with Gasteiger partial charge in [0.05, 0.1) is 4.90 Å². The number of rotatable bonds is 5. The summed E-state index contributed by atoms with van der Waals surface area (Å²) >= 11 is 0. The number of aryl methyl sites for hydroxylation is 1. The minimum atomic E-state index is -3.55. The van der Waals surface area contributed by atoms with Gasteiger partial charge >= 0.3 is 0 Å². The van der Waals surface area contributed by atoms with Crippen LogP contribution in [-0.4, -0.2) is 45.2 Å². The maximum Gasteiger partial charge on any atom is 0.255 e. The Morgan fingerprint density at radius 3 is 2.33 bits per heavy atom. The van der Waals surface area contributed by atoms with Crippen molar-refractivity contribution < 1.29 is 18.0 Å². The molecule has 2 aromatic carbocycles. The summed E-state index contributed by atoms with van der Waals surface area (Å²) in [6, 6.07) is 11.4. The van der Waals surface area contributed by atoms with Crippen molar-refractivity contribution >= 4 is 33.2 Å². The molecule has 0 aromatic heterocycles. The highest BCUT2D eigenvalue weighted by Gasteiger charge is 2.25. The van der Waals surface area contributed by atoms with Gasteiger partial charge in [-0.05, 0) is 54.8 Å². The molecule has 0 aliphatic carbocycles. The van der Waals surface area contributed by atoms with Crippen molar-refractivity contribution in [1.29, 1.82) is 0 Å². The third-order valence-corrected chi connectivity index (χ3v) is 6.95. The highest BCUT2D eigenvalue weighted by molar-refractivity contribution is 7.89. The number of fused-ring (bicyclic) bond motifs is 1. The van der Waals surface area contributed by atoms with Crippen molar-refractivity contribution in [2.24, 2.45) is 5.92 Å². The van der Waals surface area contributed by atoms with Gasteiger partial charge in [-0.2, -0.15) is 0 Å². The van der Waals surface area contributed by atoms with E-state index < -0.39 is 10.0 Å². The smallest absolute Gasteiger partial charge is 0.255 e. The SMILES string of the molecule is CC(C)C(=O)N1CCCc2ccc(NC(=O)c3ccc(S(=O)(=O)N(C)C)cc3)cc21. The Labute approximate surface area is 177 Å². The van der Waals surface area contributed by atoms with Crippen molar-refractivity contribution in [1.82, 2.24) is 4.31 Å². The molecule has 2 aromatic rings. The molecule has 3 rings (SSSR count). The van der Waals surface area contributed by atoms with E-state index in [0.717, 1.165) is 28.4 Å². The molecule has 8 heteroatoms. The number of amides is 2. The third kappa shape index (κ3) is 4.39. The van der Waals surface area contributed by atoms with Crippen LogP contribution in [-0.2, 0) is 21.2 Å². The summed E-state index contributed by atoms with van der Waals surface area (Å²) in [5, 5.41) is 2.84. The van der Waals surface area contributed by atoms with Gasteiger partial charge in [0.25, 0.3) is 5.91 Å². The van der Waals surface area contributed by atoms with E-state index in [0.29, 0.717) is 17.8 Å². The van der Waals surface area contributed by atoms with Crippen molar-refractivity contribution in [2.45, 2.75) is 31.6 Å². The molecule has 1 heterocycles. The minimum Gasteiger partial charge on any atom is -0.322 e. The summed E-state index contributed by atoms with van der Waals surface area (Å²) in [6.45, 7) is 4.42. The van der Waals surface area contributed by atoms with E-state index in [1.54, 1.807) is 4.90 Å². The maximum atomic E-state index is 12.6. The zero-order chi connectivity index (χ0) is 22.1. The lowest BCUT2D eigenvalue weighted by atomic mass is 9.99. The fourth-order valence-corrected chi connectivity index (χ4v) is 4.29. The van der Waals surface area contributed by atoms with Gasteiger partial charge in [-0.1, -0.05) is 19.9 Å². The van der Waals surface area contributed by atoms with E-state index in [2.05, 4.69) is 5.32 Å². The monoisotopic (exact) mass is 429 g/mol. The van der Waals surface area contributed by atoms with E-state index in [1.807, 2.05) is 32.0 Å². The van der Waals surface area contributed by atoms with Crippen LogP contribution in [0.4, 0.5) is 11.4 Å². The molecule has 0 atom stereocenters. The molecule has 1 aliphatic heterocycles. The topological polar surface area (TPSA) is 86.8 Å². The van der Waals surface area contributed by atoms with E-state index in [4.69, 9.17) is 0 Å².